The van der Waals surface area contributed by atoms with E-state index in [0.717, 1.165) is 34.9 Å². The molecule has 0 saturated carbocycles. The van der Waals surface area contributed by atoms with Gasteiger partial charge in [0.1, 0.15) is 10.8 Å². The number of nitrogens with two attached hydrogens (primary N) is 1. The normalized spacial score (nSPS) is 20.1. The van der Waals surface area contributed by atoms with Gasteiger partial charge in [0, 0.05) is 10.9 Å². The number of hydrogen-bond donors (Lipinski definition) is 1. The molecule has 0 saturated heterocycles. The summed E-state index contributed by atoms with van der Waals surface area (Å²) < 4.78 is 5.43. The number of halogens is 1. The van der Waals surface area contributed by atoms with Crippen molar-refractivity contribution in [3.63, 3.8) is 0 Å². The Morgan fingerprint density at radius 2 is 2.19 bits per heavy atom. The SMILES string of the molecule is COc1cccc(Cl)c1-c1nc2c(s1)C(N)CC(C)(C)C2. The van der Waals surface area contributed by atoms with Gasteiger partial charge in [-0.15, -0.1) is 11.3 Å². The van der Waals surface area contributed by atoms with E-state index in [1.807, 2.05) is 18.2 Å². The van der Waals surface area contributed by atoms with Crippen molar-refractivity contribution in [2.75, 3.05) is 7.11 Å². The van der Waals surface area contributed by atoms with Gasteiger partial charge in [-0.05, 0) is 30.4 Å². The Bertz CT molecular complexity index is 681. The van der Waals surface area contributed by atoms with Crippen LogP contribution in [0.5, 0.6) is 5.75 Å². The zero-order chi connectivity index (χ0) is 15.2. The maximum Gasteiger partial charge on any atom is 0.130 e. The van der Waals surface area contributed by atoms with Crippen molar-refractivity contribution < 1.29 is 4.74 Å². The van der Waals surface area contributed by atoms with E-state index < -0.39 is 0 Å². The smallest absolute Gasteiger partial charge is 0.130 e. The van der Waals surface area contributed by atoms with E-state index in [1.165, 1.54) is 4.88 Å². The first kappa shape index (κ1) is 14.8. The first-order valence-corrected chi connectivity index (χ1v) is 8.19. The van der Waals surface area contributed by atoms with Crippen molar-refractivity contribution in [1.29, 1.82) is 0 Å². The monoisotopic (exact) mass is 322 g/mol. The third kappa shape index (κ3) is 2.68. The average Bonchev–Trinajstić information content (AvgIpc) is 2.80. The number of hydrogen-bond acceptors (Lipinski definition) is 4. The van der Waals surface area contributed by atoms with Gasteiger partial charge in [-0.1, -0.05) is 31.5 Å². The molecule has 1 atom stereocenters. The lowest BCUT2D eigenvalue weighted by Crippen LogP contribution is -2.28. The highest BCUT2D eigenvalue weighted by molar-refractivity contribution is 7.15. The van der Waals surface area contributed by atoms with Crippen LogP contribution < -0.4 is 10.5 Å². The van der Waals surface area contributed by atoms with Gasteiger partial charge in [0.2, 0.25) is 0 Å². The first-order valence-electron chi connectivity index (χ1n) is 6.99. The van der Waals surface area contributed by atoms with Crippen molar-refractivity contribution in [3.05, 3.63) is 33.8 Å². The third-order valence-corrected chi connectivity index (χ3v) is 5.45. The summed E-state index contributed by atoms with van der Waals surface area (Å²) in [5.41, 5.74) is 8.50. The number of fused-ring (bicyclic) bond motifs is 1. The van der Waals surface area contributed by atoms with Gasteiger partial charge in [-0.2, -0.15) is 0 Å². The lowest BCUT2D eigenvalue weighted by molar-refractivity contribution is 0.282. The van der Waals surface area contributed by atoms with Crippen molar-refractivity contribution in [2.45, 2.75) is 32.7 Å². The van der Waals surface area contributed by atoms with Crippen molar-refractivity contribution in [2.24, 2.45) is 11.1 Å². The molecule has 1 aliphatic rings. The summed E-state index contributed by atoms with van der Waals surface area (Å²) in [4.78, 5) is 6.00. The Hall–Kier alpha value is -1.10. The first-order chi connectivity index (χ1) is 9.91. The Balaban J connectivity index is 2.11. The highest BCUT2D eigenvalue weighted by atomic mass is 35.5. The minimum absolute atomic E-state index is 0.0588. The van der Waals surface area contributed by atoms with E-state index in [2.05, 4.69) is 13.8 Å². The lowest BCUT2D eigenvalue weighted by Gasteiger charge is -2.32. The second-order valence-electron chi connectivity index (χ2n) is 6.30. The van der Waals surface area contributed by atoms with Gasteiger partial charge in [0.05, 0.1) is 23.4 Å². The Kier molecular flexibility index (Phi) is 3.72. The maximum absolute atomic E-state index is 6.35. The molecule has 0 aliphatic heterocycles. The molecule has 0 radical (unpaired) electrons. The zero-order valence-electron chi connectivity index (χ0n) is 12.4. The second kappa shape index (κ2) is 5.27. The van der Waals surface area contributed by atoms with Gasteiger partial charge >= 0.3 is 0 Å². The molecule has 0 fully saturated rings. The van der Waals surface area contributed by atoms with Crippen molar-refractivity contribution in [3.8, 4) is 16.3 Å². The topological polar surface area (TPSA) is 48.1 Å². The number of nitrogens with zero attached hydrogens (tertiary/aromatic N) is 1. The molecule has 0 spiro atoms. The standard InChI is InChI=1S/C16H19ClN2OS/c1-16(2)7-10(18)14-11(8-16)19-15(21-14)13-9(17)5-4-6-12(13)20-3/h4-6,10H,7-8,18H2,1-3H3. The Morgan fingerprint density at radius 3 is 2.90 bits per heavy atom. The van der Waals surface area contributed by atoms with Crippen LogP contribution in [0.25, 0.3) is 10.6 Å². The average molecular weight is 323 g/mol. The quantitative estimate of drug-likeness (QED) is 0.889. The van der Waals surface area contributed by atoms with Crippen LogP contribution in [0.4, 0.5) is 0 Å². The molecule has 1 aromatic carbocycles. The maximum atomic E-state index is 6.35. The van der Waals surface area contributed by atoms with E-state index in [-0.39, 0.29) is 11.5 Å². The number of thiazole rings is 1. The van der Waals surface area contributed by atoms with Crippen LogP contribution >= 0.6 is 22.9 Å². The molecule has 5 heteroatoms. The summed E-state index contributed by atoms with van der Waals surface area (Å²) in [5.74, 6) is 0.751. The molecule has 3 rings (SSSR count). The molecule has 2 N–H and O–H groups in total. The summed E-state index contributed by atoms with van der Waals surface area (Å²) in [6, 6.07) is 5.71. The van der Waals surface area contributed by atoms with Crippen molar-refractivity contribution >= 4 is 22.9 Å². The van der Waals surface area contributed by atoms with Crippen LogP contribution in [-0.2, 0) is 6.42 Å². The molecular formula is C16H19ClN2OS. The minimum Gasteiger partial charge on any atom is -0.496 e. The fourth-order valence-corrected chi connectivity index (χ4v) is 4.44. The van der Waals surface area contributed by atoms with E-state index in [9.17, 15) is 0 Å². The molecule has 1 heterocycles. The number of methoxy groups -OCH3 is 1. The van der Waals surface area contributed by atoms with E-state index >= 15 is 0 Å². The number of benzene rings is 1. The van der Waals surface area contributed by atoms with Crippen LogP contribution in [0.15, 0.2) is 18.2 Å². The van der Waals surface area contributed by atoms with Gasteiger partial charge in [0.15, 0.2) is 0 Å². The number of aromatic nitrogens is 1. The molecule has 1 aliphatic carbocycles. The molecule has 1 aromatic heterocycles. The van der Waals surface area contributed by atoms with Gasteiger partial charge < -0.3 is 10.5 Å². The van der Waals surface area contributed by atoms with Crippen LogP contribution in [0.3, 0.4) is 0 Å². The molecule has 1 unspecified atom stereocenters. The largest absolute Gasteiger partial charge is 0.496 e. The van der Waals surface area contributed by atoms with Crippen LogP contribution in [0.1, 0.15) is 36.9 Å². The number of rotatable bonds is 2. The molecule has 2 aromatic rings. The molecular weight excluding hydrogens is 304 g/mol. The molecule has 0 bridgehead atoms. The molecule has 3 nitrogen and oxygen atoms in total. The van der Waals surface area contributed by atoms with Gasteiger partial charge in [0.25, 0.3) is 0 Å². The second-order valence-corrected chi connectivity index (χ2v) is 7.74. The minimum atomic E-state index is 0.0588. The number of ether oxygens (including phenoxy) is 1. The predicted molar refractivity (Wildman–Crippen MR) is 88.1 cm³/mol. The van der Waals surface area contributed by atoms with E-state index in [0.29, 0.717) is 5.02 Å². The van der Waals surface area contributed by atoms with E-state index in [1.54, 1.807) is 18.4 Å². The van der Waals surface area contributed by atoms with Crippen LogP contribution in [0, 0.1) is 5.41 Å². The third-order valence-electron chi connectivity index (χ3n) is 3.89. The van der Waals surface area contributed by atoms with Crippen LogP contribution in [0.2, 0.25) is 5.02 Å². The summed E-state index contributed by atoms with van der Waals surface area (Å²) in [7, 11) is 1.65. The summed E-state index contributed by atoms with van der Waals surface area (Å²) in [5, 5.41) is 1.56. The fraction of sp³-hybridized carbons (Fsp3) is 0.438. The lowest BCUT2D eigenvalue weighted by atomic mass is 9.77. The zero-order valence-corrected chi connectivity index (χ0v) is 14.0. The van der Waals surface area contributed by atoms with E-state index in [4.69, 9.17) is 27.1 Å². The highest BCUT2D eigenvalue weighted by Gasteiger charge is 2.33. The Morgan fingerprint density at radius 1 is 1.43 bits per heavy atom. The van der Waals surface area contributed by atoms with Gasteiger partial charge in [-0.25, -0.2) is 4.98 Å². The fourth-order valence-electron chi connectivity index (χ4n) is 2.98. The molecule has 0 amide bonds. The molecule has 112 valence electrons. The summed E-state index contributed by atoms with van der Waals surface area (Å²) >= 11 is 7.99. The molecule has 21 heavy (non-hydrogen) atoms. The van der Waals surface area contributed by atoms with Crippen LogP contribution in [-0.4, -0.2) is 12.1 Å². The highest BCUT2D eigenvalue weighted by Crippen LogP contribution is 2.46. The van der Waals surface area contributed by atoms with Gasteiger partial charge in [-0.3, -0.25) is 0 Å². The predicted octanol–water partition coefficient (Wildman–Crippen LogP) is 4.44. The summed E-state index contributed by atoms with van der Waals surface area (Å²) in [6.45, 7) is 4.48. The Labute approximate surface area is 134 Å². The van der Waals surface area contributed by atoms with Crippen molar-refractivity contribution in [1.82, 2.24) is 4.98 Å². The summed E-state index contributed by atoms with van der Waals surface area (Å²) in [6.07, 6.45) is 1.95.